The van der Waals surface area contributed by atoms with Crippen LogP contribution < -0.4 is 10.6 Å². The zero-order valence-electron chi connectivity index (χ0n) is 17.8. The van der Waals surface area contributed by atoms with E-state index >= 15 is 0 Å². The van der Waals surface area contributed by atoms with E-state index < -0.39 is 0 Å². The third-order valence-electron chi connectivity index (χ3n) is 6.54. The Bertz CT molecular complexity index is 917. The summed E-state index contributed by atoms with van der Waals surface area (Å²) in [5.41, 5.74) is 13.5. The number of anilines is 2. The number of ether oxygens (including phenoxy) is 4. The van der Waals surface area contributed by atoms with Crippen molar-refractivity contribution in [2.75, 3.05) is 50.2 Å². The van der Waals surface area contributed by atoms with Crippen molar-refractivity contribution in [2.24, 2.45) is 0 Å². The highest BCUT2D eigenvalue weighted by molar-refractivity contribution is 5.61. The number of rotatable bonds is 11. The molecule has 2 N–H and O–H groups in total. The standard InChI is InChI=1S/C25H30N2O4/c26-18-4-1-16(2-5-18)7-17-3-6-25(27(10-21-14-30-21)11-22-15-31-22)24(9-20-13-29-20)23(17)8-19-12-28-19/h1-6,19-22H,7-15,26H2. The molecule has 31 heavy (non-hydrogen) atoms. The molecule has 2 aromatic rings. The largest absolute Gasteiger partial charge is 0.399 e. The lowest BCUT2D eigenvalue weighted by Gasteiger charge is -2.29. The summed E-state index contributed by atoms with van der Waals surface area (Å²) < 4.78 is 22.5. The molecule has 4 aliphatic heterocycles. The molecule has 4 heterocycles. The number of hydrogen-bond donors (Lipinski definition) is 1. The van der Waals surface area contributed by atoms with Crippen molar-refractivity contribution in [2.45, 2.75) is 43.7 Å². The van der Waals surface area contributed by atoms with E-state index in [1.54, 1.807) is 0 Å². The van der Waals surface area contributed by atoms with Crippen molar-refractivity contribution in [3.05, 3.63) is 58.7 Å². The first kappa shape index (κ1) is 19.6. The summed E-state index contributed by atoms with van der Waals surface area (Å²) in [5.74, 6) is 0. The van der Waals surface area contributed by atoms with Gasteiger partial charge in [-0.25, -0.2) is 0 Å². The molecule has 4 saturated heterocycles. The fourth-order valence-corrected chi connectivity index (χ4v) is 4.47. The minimum Gasteiger partial charge on any atom is -0.399 e. The third-order valence-corrected chi connectivity index (χ3v) is 6.54. The van der Waals surface area contributed by atoms with E-state index in [0.717, 1.165) is 64.5 Å². The molecule has 0 amide bonds. The van der Waals surface area contributed by atoms with E-state index in [0.29, 0.717) is 24.4 Å². The highest BCUT2D eigenvalue weighted by Crippen LogP contribution is 2.36. The van der Waals surface area contributed by atoms with Crippen LogP contribution in [0.25, 0.3) is 0 Å². The fraction of sp³-hybridized carbons (Fsp3) is 0.520. The van der Waals surface area contributed by atoms with Crippen molar-refractivity contribution in [3.8, 4) is 0 Å². The number of hydrogen-bond acceptors (Lipinski definition) is 6. The van der Waals surface area contributed by atoms with E-state index in [9.17, 15) is 0 Å². The number of benzene rings is 2. The molecule has 0 aromatic heterocycles. The topological polar surface area (TPSA) is 79.4 Å². The lowest BCUT2D eigenvalue weighted by atomic mass is 9.89. The lowest BCUT2D eigenvalue weighted by molar-refractivity contribution is 0.387. The number of epoxide rings is 4. The van der Waals surface area contributed by atoms with Gasteiger partial charge in [-0.3, -0.25) is 0 Å². The molecule has 6 heteroatoms. The predicted molar refractivity (Wildman–Crippen MR) is 119 cm³/mol. The van der Waals surface area contributed by atoms with Crippen molar-refractivity contribution in [1.29, 1.82) is 0 Å². The van der Waals surface area contributed by atoms with Gasteiger partial charge in [0.05, 0.1) is 50.8 Å². The molecule has 0 aliphatic carbocycles. The Labute approximate surface area is 183 Å². The van der Waals surface area contributed by atoms with Crippen LogP contribution in [0.3, 0.4) is 0 Å². The molecule has 4 aliphatic rings. The highest BCUT2D eigenvalue weighted by atomic mass is 16.6. The average molecular weight is 423 g/mol. The summed E-state index contributed by atoms with van der Waals surface area (Å²) >= 11 is 0. The lowest BCUT2D eigenvalue weighted by Crippen LogP contribution is -2.33. The smallest absolute Gasteiger partial charge is 0.0984 e. The first-order chi connectivity index (χ1) is 15.2. The molecule has 0 saturated carbocycles. The van der Waals surface area contributed by atoms with Gasteiger partial charge in [0, 0.05) is 37.3 Å². The Morgan fingerprint density at radius 1 is 0.710 bits per heavy atom. The minimum absolute atomic E-state index is 0.334. The SMILES string of the molecule is Nc1ccc(Cc2ccc(N(CC3CO3)CC3CO3)c(CC3CO3)c2CC2CO2)cc1. The summed E-state index contributed by atoms with van der Waals surface area (Å²) in [6.07, 6.45) is 4.18. The second-order valence-corrected chi connectivity index (χ2v) is 9.25. The van der Waals surface area contributed by atoms with E-state index in [2.05, 4.69) is 29.2 Å². The maximum Gasteiger partial charge on any atom is 0.0984 e. The fourth-order valence-electron chi connectivity index (χ4n) is 4.47. The molecule has 0 spiro atoms. The summed E-state index contributed by atoms with van der Waals surface area (Å²) in [6, 6.07) is 12.9. The molecule has 164 valence electrons. The van der Waals surface area contributed by atoms with Gasteiger partial charge in [0.1, 0.15) is 0 Å². The molecule has 4 unspecified atom stereocenters. The molecular formula is C25H30N2O4. The zero-order valence-corrected chi connectivity index (χ0v) is 17.8. The van der Waals surface area contributed by atoms with Gasteiger partial charge in [-0.15, -0.1) is 0 Å². The van der Waals surface area contributed by atoms with Crippen LogP contribution in [0.2, 0.25) is 0 Å². The summed E-state index contributed by atoms with van der Waals surface area (Å²) in [4.78, 5) is 2.48. The predicted octanol–water partition coefficient (Wildman–Crippen LogP) is 2.35. The van der Waals surface area contributed by atoms with Crippen LogP contribution in [0.5, 0.6) is 0 Å². The second kappa shape index (κ2) is 8.10. The maximum atomic E-state index is 5.90. The van der Waals surface area contributed by atoms with Crippen LogP contribution in [-0.4, -0.2) is 63.9 Å². The van der Waals surface area contributed by atoms with Crippen LogP contribution in [0.4, 0.5) is 11.4 Å². The molecule has 6 rings (SSSR count). The first-order valence-electron chi connectivity index (χ1n) is 11.4. The minimum atomic E-state index is 0.334. The Kier molecular flexibility index (Phi) is 5.11. The Morgan fingerprint density at radius 3 is 1.81 bits per heavy atom. The van der Waals surface area contributed by atoms with Crippen LogP contribution in [-0.2, 0) is 38.2 Å². The van der Waals surface area contributed by atoms with Crippen molar-refractivity contribution in [3.63, 3.8) is 0 Å². The van der Waals surface area contributed by atoms with Crippen LogP contribution >= 0.6 is 0 Å². The van der Waals surface area contributed by atoms with Gasteiger partial charge >= 0.3 is 0 Å². The van der Waals surface area contributed by atoms with Crippen molar-refractivity contribution >= 4 is 11.4 Å². The van der Waals surface area contributed by atoms with Gasteiger partial charge in [-0.2, -0.15) is 0 Å². The highest BCUT2D eigenvalue weighted by Gasteiger charge is 2.35. The molecule has 6 nitrogen and oxygen atoms in total. The summed E-state index contributed by atoms with van der Waals surface area (Å²) in [6.45, 7) is 5.30. The third kappa shape index (κ3) is 5.04. The quantitative estimate of drug-likeness (QED) is 0.442. The summed E-state index contributed by atoms with van der Waals surface area (Å²) in [7, 11) is 0. The van der Waals surface area contributed by atoms with Gasteiger partial charge in [0.2, 0.25) is 0 Å². The van der Waals surface area contributed by atoms with Gasteiger partial charge in [0.25, 0.3) is 0 Å². The van der Waals surface area contributed by atoms with Crippen LogP contribution in [0, 0.1) is 0 Å². The maximum absolute atomic E-state index is 5.90. The number of nitrogens with two attached hydrogens (primary N) is 1. The Balaban J connectivity index is 1.37. The van der Waals surface area contributed by atoms with Gasteiger partial charge < -0.3 is 29.6 Å². The van der Waals surface area contributed by atoms with E-state index in [1.807, 2.05) is 12.1 Å². The average Bonchev–Trinajstić information content (AvgIpc) is 3.60. The Hall–Kier alpha value is -2.12. The second-order valence-electron chi connectivity index (χ2n) is 9.25. The molecular weight excluding hydrogens is 392 g/mol. The number of nitrogen functional groups attached to an aromatic ring is 1. The van der Waals surface area contributed by atoms with Gasteiger partial charge in [-0.05, 0) is 46.9 Å². The zero-order chi connectivity index (χ0) is 20.8. The van der Waals surface area contributed by atoms with Crippen molar-refractivity contribution < 1.29 is 18.9 Å². The number of nitrogens with zero attached hydrogens (tertiary/aromatic N) is 1. The van der Waals surface area contributed by atoms with Gasteiger partial charge in [-0.1, -0.05) is 18.2 Å². The normalized spacial score (nSPS) is 27.7. The van der Waals surface area contributed by atoms with E-state index in [4.69, 9.17) is 24.7 Å². The monoisotopic (exact) mass is 422 g/mol. The van der Waals surface area contributed by atoms with E-state index in [1.165, 1.54) is 27.9 Å². The summed E-state index contributed by atoms with van der Waals surface area (Å²) in [5, 5.41) is 0. The molecule has 0 radical (unpaired) electrons. The molecule has 2 aromatic carbocycles. The first-order valence-corrected chi connectivity index (χ1v) is 11.4. The molecule has 0 bridgehead atoms. The molecule has 4 atom stereocenters. The Morgan fingerprint density at radius 2 is 1.26 bits per heavy atom. The van der Waals surface area contributed by atoms with Crippen LogP contribution in [0.1, 0.15) is 22.3 Å². The molecule has 4 fully saturated rings. The van der Waals surface area contributed by atoms with Crippen molar-refractivity contribution in [1.82, 2.24) is 0 Å². The van der Waals surface area contributed by atoms with Gasteiger partial charge in [0.15, 0.2) is 0 Å². The van der Waals surface area contributed by atoms with Crippen LogP contribution in [0.15, 0.2) is 36.4 Å². The van der Waals surface area contributed by atoms with E-state index in [-0.39, 0.29) is 0 Å².